The molecule has 0 saturated heterocycles. The van der Waals surface area contributed by atoms with Gasteiger partial charge in [0.25, 0.3) is 0 Å². The smallest absolute Gasteiger partial charge is 0.141 e. The van der Waals surface area contributed by atoms with Crippen molar-refractivity contribution in [2.45, 2.75) is 6.04 Å². The van der Waals surface area contributed by atoms with Crippen molar-refractivity contribution in [2.24, 2.45) is 0 Å². The average Bonchev–Trinajstić information content (AvgIpc) is 2.14. The lowest BCUT2D eigenvalue weighted by molar-refractivity contribution is -0.0423. The molecule has 1 rings (SSSR count). The van der Waals surface area contributed by atoms with E-state index in [1.54, 1.807) is 6.07 Å². The van der Waals surface area contributed by atoms with Crippen LogP contribution >= 0.6 is 0 Å². The van der Waals surface area contributed by atoms with Crippen molar-refractivity contribution in [3.8, 4) is 6.07 Å². The Bertz CT molecular complexity index is 149. The number of rotatable bonds is 0. The lowest BCUT2D eigenvalue weighted by Gasteiger charge is -2.21. The van der Waals surface area contributed by atoms with Crippen molar-refractivity contribution in [1.29, 1.82) is 5.26 Å². The zero-order chi connectivity index (χ0) is 5.98. The van der Waals surface area contributed by atoms with Gasteiger partial charge in [-0.05, 0) is 6.08 Å². The summed E-state index contributed by atoms with van der Waals surface area (Å²) in [6, 6.07) is 0.961. The molecule has 0 amide bonds. The van der Waals surface area contributed by atoms with Crippen LogP contribution in [0.15, 0.2) is 12.3 Å². The fourth-order valence-corrected chi connectivity index (χ4v) is 0.396. The summed E-state index contributed by atoms with van der Waals surface area (Å²) in [6.07, 6.45) is 2.58. The minimum Gasteiger partial charge on any atom is -0.751 e. The molecule has 1 aliphatic heterocycles. The van der Waals surface area contributed by atoms with Gasteiger partial charge in [0.2, 0.25) is 0 Å². The van der Waals surface area contributed by atoms with E-state index in [-0.39, 0.29) is 5.23 Å². The van der Waals surface area contributed by atoms with Gasteiger partial charge in [-0.1, -0.05) is 0 Å². The van der Waals surface area contributed by atoms with Crippen LogP contribution in [0, 0.1) is 16.5 Å². The van der Waals surface area contributed by atoms with Crippen LogP contribution in [0.3, 0.4) is 0 Å². The highest BCUT2D eigenvalue weighted by molar-refractivity contribution is 5.06. The van der Waals surface area contributed by atoms with Gasteiger partial charge in [0.15, 0.2) is 0 Å². The second-order valence-electron chi connectivity index (χ2n) is 1.29. The van der Waals surface area contributed by atoms with Gasteiger partial charge in [0, 0.05) is 0 Å². The van der Waals surface area contributed by atoms with Crippen molar-refractivity contribution in [3.05, 3.63) is 17.5 Å². The Morgan fingerprint density at radius 2 is 2.62 bits per heavy atom. The number of hydroxylamine groups is 2. The predicted octanol–water partition coefficient (Wildman–Crippen LogP) is 0.137. The molecule has 0 saturated carbocycles. The molecule has 4 nitrogen and oxygen atoms in total. The molecule has 0 aromatic carbocycles. The Labute approximate surface area is 46.1 Å². The first kappa shape index (κ1) is 5.09. The highest BCUT2D eigenvalue weighted by Crippen LogP contribution is 2.06. The van der Waals surface area contributed by atoms with Gasteiger partial charge < -0.3 is 10.0 Å². The molecule has 0 radical (unpaired) electrons. The molecule has 0 spiro atoms. The summed E-state index contributed by atoms with van der Waals surface area (Å²) >= 11 is 0. The van der Waals surface area contributed by atoms with Gasteiger partial charge in [-0.2, -0.15) is 10.5 Å². The summed E-state index contributed by atoms with van der Waals surface area (Å²) < 4.78 is 0. The lowest BCUT2D eigenvalue weighted by atomic mass is 10.4. The summed E-state index contributed by atoms with van der Waals surface area (Å²) in [5.41, 5.74) is 0. The molecule has 1 aliphatic rings. The Hall–Kier alpha value is -1.05. The third-order valence-electron chi connectivity index (χ3n) is 0.785. The third kappa shape index (κ3) is 0.644. The van der Waals surface area contributed by atoms with Crippen molar-refractivity contribution in [3.63, 3.8) is 0 Å². The number of nitriles is 1. The molecule has 8 heavy (non-hydrogen) atoms. The first-order valence-electron chi connectivity index (χ1n) is 2.04. The van der Waals surface area contributed by atoms with E-state index in [0.717, 1.165) is 0 Å². The fraction of sp³-hybridized carbons (Fsp3) is 0.250. The largest absolute Gasteiger partial charge is 0.751 e. The fourth-order valence-electron chi connectivity index (χ4n) is 0.396. The molecule has 1 unspecified atom stereocenters. The van der Waals surface area contributed by atoms with E-state index in [0.29, 0.717) is 0 Å². The van der Waals surface area contributed by atoms with Crippen molar-refractivity contribution in [1.82, 2.24) is 5.23 Å². The van der Waals surface area contributed by atoms with Crippen LogP contribution in [0.4, 0.5) is 0 Å². The van der Waals surface area contributed by atoms with Crippen LogP contribution in [0.2, 0.25) is 0 Å². The van der Waals surface area contributed by atoms with Gasteiger partial charge in [0.05, 0.1) is 6.07 Å². The molecule has 4 heteroatoms. The molecular weight excluding hydrogens is 108 g/mol. The summed E-state index contributed by atoms with van der Waals surface area (Å²) in [5, 5.41) is 18.6. The molecular formula is C4H3N2O2-. The minimum atomic E-state index is -0.755. The number of nitrogens with zero attached hydrogens (tertiary/aromatic N) is 2. The topological polar surface area (TPSA) is 59.3 Å². The second-order valence-corrected chi connectivity index (χ2v) is 1.29. The number of hydrogen-bond donors (Lipinski definition) is 0. The molecule has 0 aromatic heterocycles. The molecule has 42 valence electrons. The van der Waals surface area contributed by atoms with Gasteiger partial charge in [0.1, 0.15) is 12.3 Å². The highest BCUT2D eigenvalue weighted by atomic mass is 16.9. The normalized spacial score (nSPS) is 27.2. The molecule has 0 aromatic rings. The summed E-state index contributed by atoms with van der Waals surface area (Å²) in [5.74, 6) is 0. The monoisotopic (exact) mass is 111 g/mol. The van der Waals surface area contributed by atoms with E-state index in [1.807, 2.05) is 0 Å². The van der Waals surface area contributed by atoms with Gasteiger partial charge in [-0.25, -0.2) is 0 Å². The zero-order valence-electron chi connectivity index (χ0n) is 3.94. The maximum absolute atomic E-state index is 10.2. The van der Waals surface area contributed by atoms with Crippen LogP contribution in [0.25, 0.3) is 0 Å². The van der Waals surface area contributed by atoms with E-state index in [9.17, 15) is 5.21 Å². The first-order chi connectivity index (χ1) is 3.84. The quantitative estimate of drug-likeness (QED) is 0.446. The Balaban J connectivity index is 2.57. The maximum atomic E-state index is 10.2. The van der Waals surface area contributed by atoms with Crippen LogP contribution in [-0.4, -0.2) is 11.3 Å². The molecule has 0 fully saturated rings. The van der Waals surface area contributed by atoms with Gasteiger partial charge in [-0.3, -0.25) is 0 Å². The van der Waals surface area contributed by atoms with Gasteiger partial charge >= 0.3 is 0 Å². The maximum Gasteiger partial charge on any atom is 0.141 e. The molecule has 1 heterocycles. The van der Waals surface area contributed by atoms with Gasteiger partial charge in [-0.15, -0.1) is 0 Å². The van der Waals surface area contributed by atoms with E-state index < -0.39 is 6.04 Å². The second kappa shape index (κ2) is 1.82. The summed E-state index contributed by atoms with van der Waals surface area (Å²) in [7, 11) is 0. The zero-order valence-corrected chi connectivity index (χ0v) is 3.94. The summed E-state index contributed by atoms with van der Waals surface area (Å²) in [4.78, 5) is 4.23. The van der Waals surface area contributed by atoms with Crippen molar-refractivity contribution < 1.29 is 4.84 Å². The first-order valence-corrected chi connectivity index (χ1v) is 2.04. The minimum absolute atomic E-state index is 0.236. The molecule has 0 N–H and O–H groups in total. The van der Waals surface area contributed by atoms with Crippen molar-refractivity contribution in [2.75, 3.05) is 0 Å². The summed E-state index contributed by atoms with van der Waals surface area (Å²) in [6.45, 7) is 0. The average molecular weight is 111 g/mol. The van der Waals surface area contributed by atoms with Crippen molar-refractivity contribution >= 4 is 0 Å². The molecule has 1 atom stereocenters. The lowest BCUT2D eigenvalue weighted by Crippen LogP contribution is -2.19. The van der Waals surface area contributed by atoms with E-state index >= 15 is 0 Å². The van der Waals surface area contributed by atoms with E-state index in [1.165, 1.54) is 12.3 Å². The Morgan fingerprint density at radius 3 is 2.88 bits per heavy atom. The standard InChI is InChI=1S/C4H3N2O2/c5-3-4-1-2-8-6(4)7/h1-2,4H/q-1. The Morgan fingerprint density at radius 1 is 1.88 bits per heavy atom. The highest BCUT2D eigenvalue weighted by Gasteiger charge is 2.09. The predicted molar refractivity (Wildman–Crippen MR) is 24.8 cm³/mol. The molecule has 0 bridgehead atoms. The van der Waals surface area contributed by atoms with Crippen LogP contribution in [-0.2, 0) is 4.84 Å². The van der Waals surface area contributed by atoms with Crippen LogP contribution < -0.4 is 0 Å². The number of hydrogen-bond acceptors (Lipinski definition) is 4. The van der Waals surface area contributed by atoms with E-state index in [4.69, 9.17) is 5.26 Å². The third-order valence-corrected chi connectivity index (χ3v) is 0.785. The van der Waals surface area contributed by atoms with E-state index in [2.05, 4.69) is 4.84 Å². The SMILES string of the molecule is N#CC1C=CON1[O-]. The van der Waals surface area contributed by atoms with Crippen LogP contribution in [0.5, 0.6) is 0 Å². The van der Waals surface area contributed by atoms with Crippen LogP contribution in [0.1, 0.15) is 0 Å². The molecule has 0 aliphatic carbocycles. The Kier molecular flexibility index (Phi) is 1.16.